The number of nitrogens with zero attached hydrogens (tertiary/aromatic N) is 1. The van der Waals surface area contributed by atoms with Crippen molar-refractivity contribution in [3.05, 3.63) is 34.9 Å². The van der Waals surface area contributed by atoms with Crippen LogP contribution in [-0.4, -0.2) is 16.3 Å². The minimum atomic E-state index is 0.180. The van der Waals surface area contributed by atoms with Gasteiger partial charge in [-0.15, -0.1) is 0 Å². The molecule has 0 aliphatic heterocycles. The van der Waals surface area contributed by atoms with E-state index in [1.165, 1.54) is 5.39 Å². The smallest absolute Gasteiger partial charge is 0.0610 e. The number of benzene rings is 1. The van der Waals surface area contributed by atoms with Crippen LogP contribution >= 0.6 is 15.9 Å². The SMILES string of the molecule is OCCn1ccc2cc(Br)ccc21. The number of halogens is 1. The normalized spacial score (nSPS) is 10.9. The molecule has 0 atom stereocenters. The molecule has 0 radical (unpaired) electrons. The maximum atomic E-state index is 8.82. The van der Waals surface area contributed by atoms with E-state index in [9.17, 15) is 0 Å². The Bertz CT molecular complexity index is 422. The first-order chi connectivity index (χ1) is 6.31. The summed E-state index contributed by atoms with van der Waals surface area (Å²) in [5.41, 5.74) is 1.16. The number of fused-ring (bicyclic) bond motifs is 1. The van der Waals surface area contributed by atoms with Crippen LogP contribution in [0.1, 0.15) is 0 Å². The zero-order valence-electron chi connectivity index (χ0n) is 7.07. The van der Waals surface area contributed by atoms with Gasteiger partial charge in [-0.2, -0.15) is 0 Å². The Morgan fingerprint density at radius 2 is 2.15 bits per heavy atom. The van der Waals surface area contributed by atoms with Gasteiger partial charge in [-0.05, 0) is 24.3 Å². The van der Waals surface area contributed by atoms with E-state index in [0.29, 0.717) is 6.54 Å². The lowest BCUT2D eigenvalue weighted by molar-refractivity contribution is 0.278. The highest BCUT2D eigenvalue weighted by atomic mass is 79.9. The number of rotatable bonds is 2. The molecular weight excluding hydrogens is 230 g/mol. The van der Waals surface area contributed by atoms with E-state index in [1.54, 1.807) is 0 Å². The molecule has 1 aromatic heterocycles. The molecule has 0 bridgehead atoms. The molecule has 1 heterocycles. The van der Waals surface area contributed by atoms with Crippen molar-refractivity contribution >= 4 is 26.8 Å². The van der Waals surface area contributed by atoms with Crippen LogP contribution in [0.5, 0.6) is 0 Å². The molecule has 0 amide bonds. The Labute approximate surface area is 84.9 Å². The third-order valence-electron chi connectivity index (χ3n) is 2.07. The molecule has 3 heteroatoms. The van der Waals surface area contributed by atoms with Crippen molar-refractivity contribution in [2.24, 2.45) is 0 Å². The number of hydrogen-bond acceptors (Lipinski definition) is 1. The van der Waals surface area contributed by atoms with Gasteiger partial charge in [-0.25, -0.2) is 0 Å². The molecule has 0 saturated heterocycles. The van der Waals surface area contributed by atoms with Crippen molar-refractivity contribution in [1.29, 1.82) is 0 Å². The Balaban J connectivity index is 2.55. The average Bonchev–Trinajstić information content (AvgIpc) is 2.49. The lowest BCUT2D eigenvalue weighted by Crippen LogP contribution is -1.99. The van der Waals surface area contributed by atoms with Crippen molar-refractivity contribution in [2.75, 3.05) is 6.61 Å². The molecule has 2 nitrogen and oxygen atoms in total. The quantitative estimate of drug-likeness (QED) is 0.856. The highest BCUT2D eigenvalue weighted by Gasteiger charge is 1.99. The standard InChI is InChI=1S/C10H10BrNO/c11-9-1-2-10-8(7-9)3-4-12(10)5-6-13/h1-4,7,13H,5-6H2. The van der Waals surface area contributed by atoms with Crippen molar-refractivity contribution in [2.45, 2.75) is 6.54 Å². The Hall–Kier alpha value is -0.800. The third-order valence-corrected chi connectivity index (χ3v) is 2.57. The zero-order chi connectivity index (χ0) is 9.26. The molecule has 2 aromatic rings. The largest absolute Gasteiger partial charge is 0.395 e. The predicted molar refractivity (Wildman–Crippen MR) is 56.7 cm³/mol. The summed E-state index contributed by atoms with van der Waals surface area (Å²) in [6, 6.07) is 8.18. The highest BCUT2D eigenvalue weighted by molar-refractivity contribution is 9.10. The van der Waals surface area contributed by atoms with E-state index in [1.807, 2.05) is 16.8 Å². The lowest BCUT2D eigenvalue weighted by Gasteiger charge is -2.01. The van der Waals surface area contributed by atoms with Crippen LogP contribution in [0, 0.1) is 0 Å². The van der Waals surface area contributed by atoms with Crippen LogP contribution in [-0.2, 0) is 6.54 Å². The van der Waals surface area contributed by atoms with Gasteiger partial charge in [0.2, 0.25) is 0 Å². The minimum Gasteiger partial charge on any atom is -0.395 e. The predicted octanol–water partition coefficient (Wildman–Crippen LogP) is 2.40. The van der Waals surface area contributed by atoms with E-state index < -0.39 is 0 Å². The second-order valence-corrected chi connectivity index (χ2v) is 3.85. The number of aliphatic hydroxyl groups is 1. The first-order valence-corrected chi connectivity index (χ1v) is 4.96. The molecule has 1 aromatic carbocycles. The molecule has 2 rings (SSSR count). The molecule has 0 fully saturated rings. The van der Waals surface area contributed by atoms with E-state index in [0.717, 1.165) is 9.99 Å². The van der Waals surface area contributed by atoms with Crippen LogP contribution in [0.3, 0.4) is 0 Å². The Kier molecular flexibility index (Phi) is 2.38. The fourth-order valence-electron chi connectivity index (χ4n) is 1.47. The van der Waals surface area contributed by atoms with Crippen molar-refractivity contribution in [3.63, 3.8) is 0 Å². The van der Waals surface area contributed by atoms with Gasteiger partial charge >= 0.3 is 0 Å². The molecule has 0 spiro atoms. The van der Waals surface area contributed by atoms with Gasteiger partial charge in [0.25, 0.3) is 0 Å². The van der Waals surface area contributed by atoms with Crippen molar-refractivity contribution in [1.82, 2.24) is 4.57 Å². The van der Waals surface area contributed by atoms with Crippen molar-refractivity contribution < 1.29 is 5.11 Å². The molecule has 0 aliphatic carbocycles. The van der Waals surface area contributed by atoms with E-state index >= 15 is 0 Å². The highest BCUT2D eigenvalue weighted by Crippen LogP contribution is 2.20. The zero-order valence-corrected chi connectivity index (χ0v) is 8.66. The fourth-order valence-corrected chi connectivity index (χ4v) is 1.85. The second-order valence-electron chi connectivity index (χ2n) is 2.94. The van der Waals surface area contributed by atoms with Gasteiger partial charge in [-0.3, -0.25) is 0 Å². The van der Waals surface area contributed by atoms with Gasteiger partial charge < -0.3 is 9.67 Å². The summed E-state index contributed by atoms with van der Waals surface area (Å²) >= 11 is 3.42. The maximum Gasteiger partial charge on any atom is 0.0610 e. The van der Waals surface area contributed by atoms with Gasteiger partial charge in [0.05, 0.1) is 6.61 Å². The van der Waals surface area contributed by atoms with Gasteiger partial charge in [0, 0.05) is 28.1 Å². The van der Waals surface area contributed by atoms with Gasteiger partial charge in [0.1, 0.15) is 0 Å². The molecule has 0 aliphatic rings. The molecular formula is C10H10BrNO. The van der Waals surface area contributed by atoms with E-state index in [4.69, 9.17) is 5.11 Å². The molecule has 0 unspecified atom stereocenters. The number of aliphatic hydroxyl groups excluding tert-OH is 1. The summed E-state index contributed by atoms with van der Waals surface area (Å²) in [7, 11) is 0. The van der Waals surface area contributed by atoms with E-state index in [-0.39, 0.29) is 6.61 Å². The molecule has 1 N–H and O–H groups in total. The number of aromatic nitrogens is 1. The molecule has 13 heavy (non-hydrogen) atoms. The Morgan fingerprint density at radius 3 is 2.92 bits per heavy atom. The molecule has 0 saturated carbocycles. The topological polar surface area (TPSA) is 25.2 Å². The minimum absolute atomic E-state index is 0.180. The van der Waals surface area contributed by atoms with Gasteiger partial charge in [0.15, 0.2) is 0 Å². The van der Waals surface area contributed by atoms with Crippen LogP contribution < -0.4 is 0 Å². The monoisotopic (exact) mass is 239 g/mol. The van der Waals surface area contributed by atoms with Crippen LogP contribution in [0.4, 0.5) is 0 Å². The average molecular weight is 240 g/mol. The van der Waals surface area contributed by atoms with Gasteiger partial charge in [-0.1, -0.05) is 15.9 Å². The van der Waals surface area contributed by atoms with E-state index in [2.05, 4.69) is 34.1 Å². The summed E-state index contributed by atoms with van der Waals surface area (Å²) in [6.07, 6.45) is 1.99. The maximum absolute atomic E-state index is 8.82. The first-order valence-electron chi connectivity index (χ1n) is 4.16. The summed E-state index contributed by atoms with van der Waals surface area (Å²) in [5, 5.41) is 10.0. The van der Waals surface area contributed by atoms with Crippen LogP contribution in [0.25, 0.3) is 10.9 Å². The summed E-state index contributed by atoms with van der Waals surface area (Å²) in [6.45, 7) is 0.838. The van der Waals surface area contributed by atoms with Crippen molar-refractivity contribution in [3.8, 4) is 0 Å². The first kappa shape index (κ1) is 8.78. The number of hydrogen-bond donors (Lipinski definition) is 1. The fraction of sp³-hybridized carbons (Fsp3) is 0.200. The van der Waals surface area contributed by atoms with Crippen LogP contribution in [0.15, 0.2) is 34.9 Å². The summed E-state index contributed by atoms with van der Waals surface area (Å²) in [5.74, 6) is 0. The second kappa shape index (κ2) is 3.52. The lowest BCUT2D eigenvalue weighted by atomic mass is 10.2. The molecule has 68 valence electrons. The Morgan fingerprint density at radius 1 is 1.31 bits per heavy atom. The summed E-state index contributed by atoms with van der Waals surface area (Å²) < 4.78 is 3.13. The summed E-state index contributed by atoms with van der Waals surface area (Å²) in [4.78, 5) is 0. The third kappa shape index (κ3) is 1.62. The van der Waals surface area contributed by atoms with Crippen LogP contribution in [0.2, 0.25) is 0 Å².